The second-order valence-corrected chi connectivity index (χ2v) is 5.99. The Morgan fingerprint density at radius 2 is 2.27 bits per heavy atom. The van der Waals surface area contributed by atoms with Gasteiger partial charge in [0.15, 0.2) is 5.78 Å². The predicted molar refractivity (Wildman–Crippen MR) is 85.6 cm³/mol. The van der Waals surface area contributed by atoms with E-state index in [-0.39, 0.29) is 12.4 Å². The molecule has 0 saturated heterocycles. The molecule has 2 aromatic heterocycles. The third-order valence-electron chi connectivity index (χ3n) is 2.98. The van der Waals surface area contributed by atoms with Crippen molar-refractivity contribution in [1.82, 2.24) is 4.98 Å². The van der Waals surface area contributed by atoms with Gasteiger partial charge in [0, 0.05) is 5.02 Å². The van der Waals surface area contributed by atoms with Crippen LogP contribution in [0.1, 0.15) is 23.0 Å². The van der Waals surface area contributed by atoms with Crippen LogP contribution in [0, 0.1) is 0 Å². The lowest BCUT2D eigenvalue weighted by molar-refractivity contribution is 0.101. The third-order valence-corrected chi connectivity index (χ3v) is 4.07. The summed E-state index contributed by atoms with van der Waals surface area (Å²) in [5.41, 5.74) is 1.11. The molecule has 0 spiro atoms. The van der Waals surface area contributed by atoms with Gasteiger partial charge in [-0.3, -0.25) is 4.79 Å². The average molecular weight is 334 g/mol. The fourth-order valence-corrected chi connectivity index (χ4v) is 2.77. The molecule has 0 saturated carbocycles. The Morgan fingerprint density at radius 1 is 1.41 bits per heavy atom. The van der Waals surface area contributed by atoms with E-state index in [1.807, 2.05) is 17.5 Å². The molecule has 0 unspecified atom stereocenters. The van der Waals surface area contributed by atoms with E-state index in [0.29, 0.717) is 27.9 Å². The van der Waals surface area contributed by atoms with Crippen LogP contribution in [0.3, 0.4) is 0 Å². The molecule has 0 atom stereocenters. The first-order valence-electron chi connectivity index (χ1n) is 6.55. The summed E-state index contributed by atoms with van der Waals surface area (Å²) >= 11 is 7.46. The Bertz CT molecular complexity index is 796. The fourth-order valence-electron chi connectivity index (χ4n) is 1.94. The molecule has 1 aromatic carbocycles. The quantitative estimate of drug-likeness (QED) is 0.627. The van der Waals surface area contributed by atoms with E-state index in [9.17, 15) is 4.79 Å². The van der Waals surface area contributed by atoms with Gasteiger partial charge in [-0.05, 0) is 36.6 Å². The molecule has 0 amide bonds. The van der Waals surface area contributed by atoms with Crippen molar-refractivity contribution in [2.75, 3.05) is 0 Å². The Kier molecular flexibility index (Phi) is 4.27. The largest absolute Gasteiger partial charge is 0.486 e. The van der Waals surface area contributed by atoms with Crippen LogP contribution in [0.4, 0.5) is 0 Å². The zero-order valence-corrected chi connectivity index (χ0v) is 13.3. The van der Waals surface area contributed by atoms with Gasteiger partial charge in [0.05, 0.1) is 10.4 Å². The highest BCUT2D eigenvalue weighted by Gasteiger charge is 2.12. The molecule has 0 N–H and O–H groups in total. The normalized spacial score (nSPS) is 10.6. The first-order chi connectivity index (χ1) is 10.6. The van der Waals surface area contributed by atoms with Crippen LogP contribution < -0.4 is 4.74 Å². The number of ether oxygens (including phenoxy) is 1. The van der Waals surface area contributed by atoms with Gasteiger partial charge in [-0.1, -0.05) is 17.7 Å². The number of benzene rings is 1. The monoisotopic (exact) mass is 333 g/mol. The van der Waals surface area contributed by atoms with Crippen molar-refractivity contribution < 1.29 is 13.9 Å². The first-order valence-corrected chi connectivity index (χ1v) is 7.81. The van der Waals surface area contributed by atoms with Crippen LogP contribution in [0.5, 0.6) is 5.75 Å². The maximum absolute atomic E-state index is 11.6. The van der Waals surface area contributed by atoms with Crippen LogP contribution in [0.15, 0.2) is 46.4 Å². The molecule has 0 bridgehead atoms. The van der Waals surface area contributed by atoms with Crippen molar-refractivity contribution in [2.45, 2.75) is 13.5 Å². The predicted octanol–water partition coefficient (Wildman–Crippen LogP) is 4.84. The SMILES string of the molecule is CC(=O)c1cc(Cl)ccc1OCc1coc(-c2cccs2)n1. The van der Waals surface area contributed by atoms with E-state index in [4.69, 9.17) is 20.8 Å². The number of ketones is 1. The van der Waals surface area contributed by atoms with Crippen molar-refractivity contribution in [3.8, 4) is 16.5 Å². The Balaban J connectivity index is 1.74. The Hall–Kier alpha value is -2.11. The number of rotatable bonds is 5. The summed E-state index contributed by atoms with van der Waals surface area (Å²) in [6.07, 6.45) is 1.55. The summed E-state index contributed by atoms with van der Waals surface area (Å²) in [7, 11) is 0. The molecule has 6 heteroatoms. The molecule has 0 aliphatic heterocycles. The molecular weight excluding hydrogens is 322 g/mol. The minimum Gasteiger partial charge on any atom is -0.486 e. The minimum atomic E-state index is -0.100. The number of nitrogens with zero attached hydrogens (tertiary/aromatic N) is 1. The molecular formula is C16H12ClNO3S. The van der Waals surface area contributed by atoms with E-state index in [1.165, 1.54) is 6.92 Å². The summed E-state index contributed by atoms with van der Waals surface area (Å²) in [4.78, 5) is 16.9. The first kappa shape index (κ1) is 14.8. The van der Waals surface area contributed by atoms with Crippen molar-refractivity contribution in [1.29, 1.82) is 0 Å². The lowest BCUT2D eigenvalue weighted by Crippen LogP contribution is -2.02. The number of carbonyl (C=O) groups excluding carboxylic acids is 1. The van der Waals surface area contributed by atoms with Crippen LogP contribution >= 0.6 is 22.9 Å². The van der Waals surface area contributed by atoms with Gasteiger partial charge in [-0.25, -0.2) is 4.98 Å². The number of hydrogen-bond donors (Lipinski definition) is 0. The zero-order valence-electron chi connectivity index (χ0n) is 11.7. The van der Waals surface area contributed by atoms with Gasteiger partial charge in [-0.2, -0.15) is 0 Å². The standard InChI is InChI=1S/C16H12ClNO3S/c1-10(19)13-7-11(17)4-5-14(13)20-8-12-9-21-16(18-12)15-3-2-6-22-15/h2-7,9H,8H2,1H3. The molecule has 4 nitrogen and oxygen atoms in total. The molecule has 0 fully saturated rings. The van der Waals surface area contributed by atoms with Gasteiger partial charge in [-0.15, -0.1) is 11.3 Å². The van der Waals surface area contributed by atoms with Gasteiger partial charge < -0.3 is 9.15 Å². The second kappa shape index (κ2) is 6.34. The van der Waals surface area contributed by atoms with E-state index in [0.717, 1.165) is 4.88 Å². The maximum atomic E-state index is 11.6. The number of halogens is 1. The smallest absolute Gasteiger partial charge is 0.236 e. The number of aromatic nitrogens is 1. The highest BCUT2D eigenvalue weighted by Crippen LogP contribution is 2.26. The van der Waals surface area contributed by atoms with Crippen LogP contribution in [-0.4, -0.2) is 10.8 Å². The van der Waals surface area contributed by atoms with Gasteiger partial charge in [0.1, 0.15) is 24.3 Å². The average Bonchev–Trinajstić information content (AvgIpc) is 3.16. The fraction of sp³-hybridized carbons (Fsp3) is 0.125. The van der Waals surface area contributed by atoms with Crippen LogP contribution in [-0.2, 0) is 6.61 Å². The van der Waals surface area contributed by atoms with Gasteiger partial charge >= 0.3 is 0 Å². The lowest BCUT2D eigenvalue weighted by atomic mass is 10.1. The van der Waals surface area contributed by atoms with E-state index in [2.05, 4.69) is 4.98 Å². The molecule has 0 radical (unpaired) electrons. The molecule has 2 heterocycles. The van der Waals surface area contributed by atoms with Crippen molar-refractivity contribution in [2.24, 2.45) is 0 Å². The summed E-state index contributed by atoms with van der Waals surface area (Å²) in [5, 5.41) is 2.46. The molecule has 3 rings (SSSR count). The van der Waals surface area contributed by atoms with Gasteiger partial charge in [0.2, 0.25) is 5.89 Å². The van der Waals surface area contributed by atoms with Crippen molar-refractivity contribution in [3.63, 3.8) is 0 Å². The summed E-state index contributed by atoms with van der Waals surface area (Å²) in [6, 6.07) is 8.84. The van der Waals surface area contributed by atoms with Gasteiger partial charge in [0.25, 0.3) is 0 Å². The van der Waals surface area contributed by atoms with E-state index < -0.39 is 0 Å². The molecule has 22 heavy (non-hydrogen) atoms. The van der Waals surface area contributed by atoms with Crippen molar-refractivity contribution >= 4 is 28.7 Å². The number of hydrogen-bond acceptors (Lipinski definition) is 5. The lowest BCUT2D eigenvalue weighted by Gasteiger charge is -2.08. The maximum Gasteiger partial charge on any atom is 0.236 e. The minimum absolute atomic E-state index is 0.100. The zero-order chi connectivity index (χ0) is 15.5. The third kappa shape index (κ3) is 3.21. The number of oxazole rings is 1. The molecule has 112 valence electrons. The van der Waals surface area contributed by atoms with Crippen LogP contribution in [0.25, 0.3) is 10.8 Å². The van der Waals surface area contributed by atoms with Crippen LogP contribution in [0.2, 0.25) is 5.02 Å². The Labute approximate surface area is 136 Å². The number of thiophene rings is 1. The van der Waals surface area contributed by atoms with E-state index >= 15 is 0 Å². The van der Waals surface area contributed by atoms with E-state index in [1.54, 1.807) is 35.8 Å². The molecule has 3 aromatic rings. The van der Waals surface area contributed by atoms with Crippen molar-refractivity contribution in [3.05, 3.63) is 58.3 Å². The Morgan fingerprint density at radius 3 is 3.00 bits per heavy atom. The number of Topliss-reactive ketones (excluding diaryl/α,β-unsaturated/α-hetero) is 1. The molecule has 0 aliphatic carbocycles. The summed E-state index contributed by atoms with van der Waals surface area (Å²) in [5.74, 6) is 0.950. The summed E-state index contributed by atoms with van der Waals surface area (Å²) in [6.45, 7) is 1.69. The topological polar surface area (TPSA) is 52.3 Å². The molecule has 0 aliphatic rings. The highest BCUT2D eigenvalue weighted by molar-refractivity contribution is 7.13. The second-order valence-electron chi connectivity index (χ2n) is 4.61. The highest BCUT2D eigenvalue weighted by atomic mass is 35.5. The summed E-state index contributed by atoms with van der Waals surface area (Å²) < 4.78 is 11.1. The number of carbonyl (C=O) groups is 1.